The van der Waals surface area contributed by atoms with Crippen molar-refractivity contribution < 1.29 is 52.5 Å². The number of aromatic nitrogens is 1. The lowest BCUT2D eigenvalue weighted by atomic mass is 9.48. The third kappa shape index (κ3) is 5.66. The maximum absolute atomic E-state index is 15.5. The maximum atomic E-state index is 15.5. The summed E-state index contributed by atoms with van der Waals surface area (Å²) in [6.07, 6.45) is -2.73. The fourth-order valence-electron chi connectivity index (χ4n) is 9.78. The number of pyridine rings is 1. The number of nitrogens with zero attached hydrogens (tertiary/aromatic N) is 3. The number of benzene rings is 4. The van der Waals surface area contributed by atoms with Crippen LogP contribution in [0, 0.1) is 23.7 Å². The molecule has 17 heteroatoms. The molecule has 4 aromatic carbocycles. The van der Waals surface area contributed by atoms with Crippen LogP contribution in [0.1, 0.15) is 45.8 Å². The van der Waals surface area contributed by atoms with Crippen LogP contribution in [-0.2, 0) is 30.8 Å². The van der Waals surface area contributed by atoms with Gasteiger partial charge in [0, 0.05) is 28.8 Å². The molecule has 4 amide bonds. The number of carbonyl (C=O) groups excluding carboxylic acids is 4. The van der Waals surface area contributed by atoms with E-state index in [0.29, 0.717) is 44.2 Å². The van der Waals surface area contributed by atoms with Crippen molar-refractivity contribution in [2.45, 2.75) is 30.4 Å². The van der Waals surface area contributed by atoms with E-state index in [2.05, 4.69) is 10.4 Å². The monoisotopic (exact) mass is 856 g/mol. The Hall–Kier alpha value is -6.45. The van der Waals surface area contributed by atoms with Crippen LogP contribution in [-0.4, -0.2) is 54.9 Å². The number of hydrazine groups is 1. The minimum absolute atomic E-state index is 0.00462. The summed E-state index contributed by atoms with van der Waals surface area (Å²) in [7, 11) is 0. The minimum Gasteiger partial charge on any atom is -0.508 e. The fourth-order valence-corrected chi connectivity index (χ4v) is 10.1. The second kappa shape index (κ2) is 13.8. The Morgan fingerprint density at radius 2 is 1.60 bits per heavy atom. The Morgan fingerprint density at radius 1 is 0.867 bits per heavy atom. The van der Waals surface area contributed by atoms with Gasteiger partial charge in [-0.2, -0.15) is 18.2 Å². The Balaban J connectivity index is 1.25. The Labute approximate surface area is 347 Å². The third-order valence-electron chi connectivity index (χ3n) is 12.3. The van der Waals surface area contributed by atoms with E-state index in [0.717, 1.165) is 17.0 Å². The van der Waals surface area contributed by atoms with Gasteiger partial charge in [-0.05, 0) is 71.5 Å². The van der Waals surface area contributed by atoms with Crippen molar-refractivity contribution in [1.82, 2.24) is 9.99 Å². The molecule has 2 aliphatic carbocycles. The lowest BCUT2D eigenvalue weighted by Crippen LogP contribution is -2.53. The zero-order valence-electron chi connectivity index (χ0n) is 30.7. The number of phenols is 2. The van der Waals surface area contributed by atoms with Crippen LogP contribution in [0.15, 0.2) is 103 Å². The molecule has 5 aromatic rings. The highest BCUT2D eigenvalue weighted by atomic mass is 35.5. The van der Waals surface area contributed by atoms with Crippen LogP contribution in [0.3, 0.4) is 0 Å². The number of carboxylic acid groups (broad SMARTS) is 1. The number of alkyl halides is 3. The number of fused-ring (bicyclic) bond motifs is 5. The van der Waals surface area contributed by atoms with Gasteiger partial charge < -0.3 is 15.3 Å². The van der Waals surface area contributed by atoms with Gasteiger partial charge in [0.25, 0.3) is 11.8 Å². The van der Waals surface area contributed by atoms with Crippen LogP contribution < -0.4 is 10.3 Å². The molecule has 2 aliphatic heterocycles. The molecule has 1 saturated carbocycles. The highest BCUT2D eigenvalue weighted by Crippen LogP contribution is 2.65. The van der Waals surface area contributed by atoms with Crippen molar-refractivity contribution >= 4 is 75.1 Å². The molecule has 12 nitrogen and oxygen atoms in total. The van der Waals surface area contributed by atoms with Crippen LogP contribution in [0.2, 0.25) is 10.0 Å². The van der Waals surface area contributed by atoms with Gasteiger partial charge in [0.2, 0.25) is 11.8 Å². The summed E-state index contributed by atoms with van der Waals surface area (Å²) in [6, 6.07) is 20.3. The zero-order chi connectivity index (χ0) is 42.6. The molecule has 9 rings (SSSR count). The normalized spacial score (nSPS) is 24.9. The number of aromatic hydroxyl groups is 2. The molecule has 4 N–H and O–H groups in total. The van der Waals surface area contributed by atoms with Crippen LogP contribution in [0.5, 0.6) is 11.5 Å². The Kier molecular flexibility index (Phi) is 8.99. The summed E-state index contributed by atoms with van der Waals surface area (Å²) in [6.45, 7) is 0. The predicted octanol–water partition coefficient (Wildman–Crippen LogP) is 7.86. The first-order valence-electron chi connectivity index (χ1n) is 18.5. The van der Waals surface area contributed by atoms with E-state index in [1.807, 2.05) is 0 Å². The molecule has 6 atom stereocenters. The highest BCUT2D eigenvalue weighted by Gasteiger charge is 2.71. The van der Waals surface area contributed by atoms with Gasteiger partial charge in [-0.1, -0.05) is 77.3 Å². The first-order chi connectivity index (χ1) is 28.5. The van der Waals surface area contributed by atoms with E-state index in [4.69, 9.17) is 23.2 Å². The Morgan fingerprint density at radius 3 is 2.28 bits per heavy atom. The zero-order valence-corrected chi connectivity index (χ0v) is 32.2. The average molecular weight is 858 g/mol. The third-order valence-corrected chi connectivity index (χ3v) is 12.8. The molecule has 3 heterocycles. The predicted molar refractivity (Wildman–Crippen MR) is 210 cm³/mol. The highest BCUT2D eigenvalue weighted by molar-refractivity contribution is 6.33. The van der Waals surface area contributed by atoms with Crippen molar-refractivity contribution in [3.8, 4) is 11.5 Å². The largest absolute Gasteiger partial charge is 0.508 e. The quantitative estimate of drug-likeness (QED) is 0.0971. The number of aromatic carboxylic acids is 1. The molecule has 0 bridgehead atoms. The number of phenolic OH excluding ortho intramolecular Hbond substituents is 1. The number of allylic oxidation sites excluding steroid dienone is 2. The van der Waals surface area contributed by atoms with Crippen LogP contribution in [0.25, 0.3) is 10.8 Å². The lowest BCUT2D eigenvalue weighted by Gasteiger charge is -2.51. The molecule has 2 saturated heterocycles. The molecule has 1 aromatic heterocycles. The first-order valence-corrected chi connectivity index (χ1v) is 19.3. The molecule has 6 unspecified atom stereocenters. The van der Waals surface area contributed by atoms with E-state index >= 15 is 9.59 Å². The van der Waals surface area contributed by atoms with Gasteiger partial charge >= 0.3 is 12.1 Å². The molecule has 0 spiro atoms. The number of anilines is 2. The Bertz CT molecular complexity index is 2760. The molecular formula is C43H29Cl2F3N4O8. The number of nitrogens with one attached hydrogen (secondary N) is 1. The first kappa shape index (κ1) is 39.0. The molecule has 60 heavy (non-hydrogen) atoms. The minimum atomic E-state index is -4.80. The number of carbonyl (C=O) groups is 5. The van der Waals surface area contributed by atoms with E-state index in [1.54, 1.807) is 48.5 Å². The van der Waals surface area contributed by atoms with Crippen LogP contribution >= 0.6 is 23.2 Å². The van der Waals surface area contributed by atoms with Gasteiger partial charge in [-0.25, -0.2) is 14.7 Å². The number of amides is 4. The lowest BCUT2D eigenvalue weighted by molar-refractivity contribution is -0.139. The summed E-state index contributed by atoms with van der Waals surface area (Å²) in [5.74, 6) is -11.3. The van der Waals surface area contributed by atoms with Gasteiger partial charge in [-0.15, -0.1) is 0 Å². The number of imide groups is 2. The molecule has 304 valence electrons. The number of rotatable bonds is 6. The smallest absolute Gasteiger partial charge is 0.417 e. The fraction of sp³-hybridized carbons (Fsp3) is 0.209. The average Bonchev–Trinajstić information content (AvgIpc) is 3.59. The molecule has 4 aliphatic rings. The summed E-state index contributed by atoms with van der Waals surface area (Å²) >= 11 is 12.6. The van der Waals surface area contributed by atoms with Gasteiger partial charge in [0.1, 0.15) is 17.1 Å². The summed E-state index contributed by atoms with van der Waals surface area (Å²) < 4.78 is 40.7. The van der Waals surface area contributed by atoms with Gasteiger partial charge in [0.05, 0.1) is 39.4 Å². The molecular weight excluding hydrogens is 828 g/mol. The topological polar surface area (TPSA) is 177 Å². The van der Waals surface area contributed by atoms with Crippen LogP contribution in [0.4, 0.5) is 24.7 Å². The van der Waals surface area contributed by atoms with E-state index in [-0.39, 0.29) is 29.8 Å². The second-order valence-electron chi connectivity index (χ2n) is 15.2. The summed E-state index contributed by atoms with van der Waals surface area (Å²) in [5.41, 5.74) is 0.0234. The molecule has 3 fully saturated rings. The standard InChI is InChI=1S/C43H29Cl2F3N4O8/c44-22-8-6-20(7-9-22)42-29(38(56)52(41(42)60)50-36-30(45)15-21(18-49-36)43(46,47)48)17-28-25(35(42)34-24-4-2-1-3-19(24)5-14-31(34)53)12-13-27-33(28)39(57)51(37(27)55)23-10-11-26(40(58)59)32(54)16-23/h1-12,14-16,18,27-29,33,35,53-54H,13,17H2,(H,49,50)(H,58,59). The number of halogens is 5. The van der Waals surface area contributed by atoms with Crippen molar-refractivity contribution in [2.75, 3.05) is 10.3 Å². The number of hydrogen-bond donors (Lipinski definition) is 4. The van der Waals surface area contributed by atoms with Crippen molar-refractivity contribution in [1.29, 1.82) is 0 Å². The second-order valence-corrected chi connectivity index (χ2v) is 16.0. The maximum Gasteiger partial charge on any atom is 0.417 e. The van der Waals surface area contributed by atoms with E-state index in [9.17, 15) is 42.9 Å². The number of hydrogen-bond acceptors (Lipinski definition) is 9. The van der Waals surface area contributed by atoms with E-state index in [1.165, 1.54) is 24.3 Å². The number of carboxylic acids is 1. The van der Waals surface area contributed by atoms with Gasteiger partial charge in [0.15, 0.2) is 5.82 Å². The van der Waals surface area contributed by atoms with Crippen molar-refractivity contribution in [3.05, 3.63) is 135 Å². The summed E-state index contributed by atoms with van der Waals surface area (Å²) in [4.78, 5) is 75.7. The van der Waals surface area contributed by atoms with Gasteiger partial charge in [-0.3, -0.25) is 24.6 Å². The van der Waals surface area contributed by atoms with Crippen molar-refractivity contribution in [2.24, 2.45) is 23.7 Å². The van der Waals surface area contributed by atoms with Crippen molar-refractivity contribution in [3.63, 3.8) is 0 Å². The molecule has 0 radical (unpaired) electrons. The summed E-state index contributed by atoms with van der Waals surface area (Å²) in [5, 5.41) is 33.5. The SMILES string of the molecule is O=C(O)c1ccc(N2C(=O)C3CC=C4C(CC5C(=O)N(Nc6ncc(C(F)(F)F)cc6Cl)C(=O)C5(c5ccc(Cl)cc5)C4c4c(O)ccc5ccccc45)C3C2=O)cc1O. The van der Waals surface area contributed by atoms with E-state index < -0.39 is 98.5 Å².